The molecule has 0 fully saturated rings. The second-order valence-corrected chi connectivity index (χ2v) is 3.10. The van der Waals surface area contributed by atoms with Crippen molar-refractivity contribution in [1.82, 2.24) is 0 Å². The highest BCUT2D eigenvalue weighted by Gasteiger charge is 1.92. The number of hydrogen-bond donors (Lipinski definition) is 1. The summed E-state index contributed by atoms with van der Waals surface area (Å²) < 4.78 is 8.52. The van der Waals surface area contributed by atoms with Crippen LogP contribution in [-0.4, -0.2) is 10.3 Å². The Morgan fingerprint density at radius 2 is 1.82 bits per heavy atom. The quantitative estimate of drug-likeness (QED) is 0.404. The van der Waals surface area contributed by atoms with Gasteiger partial charge in [0.25, 0.3) is 0 Å². The zero-order valence-electron chi connectivity index (χ0n) is 6.92. The largest absolute Gasteiger partial charge is 0.326 e. The molecule has 0 aliphatic rings. The SMILES string of the molecule is CC(=O)/C(C)=C/C=C(\C)SO. The molecule has 0 unspecified atom stereocenters. The molecule has 1 N–H and O–H groups in total. The predicted molar refractivity (Wildman–Crippen MR) is 48.4 cm³/mol. The molecule has 0 amide bonds. The molecule has 0 radical (unpaired) electrons. The Hall–Kier alpha value is -0.540. The summed E-state index contributed by atoms with van der Waals surface area (Å²) in [5.41, 5.74) is 0.693. The van der Waals surface area contributed by atoms with Crippen LogP contribution in [0.3, 0.4) is 0 Å². The molecular formula is C8H12O2S. The van der Waals surface area contributed by atoms with Crippen LogP contribution in [0.15, 0.2) is 22.6 Å². The highest BCUT2D eigenvalue weighted by Crippen LogP contribution is 2.09. The fourth-order valence-corrected chi connectivity index (χ4v) is 0.519. The topological polar surface area (TPSA) is 37.3 Å². The van der Waals surface area contributed by atoms with Gasteiger partial charge in [-0.05, 0) is 26.3 Å². The number of allylic oxidation sites excluding steroid dienone is 4. The molecule has 0 bridgehead atoms. The second kappa shape index (κ2) is 5.16. The Labute approximate surface area is 71.2 Å². The third-order valence-electron chi connectivity index (χ3n) is 1.27. The van der Waals surface area contributed by atoms with E-state index >= 15 is 0 Å². The van der Waals surface area contributed by atoms with E-state index in [-0.39, 0.29) is 5.78 Å². The van der Waals surface area contributed by atoms with Gasteiger partial charge in [0.05, 0.1) is 0 Å². The molecule has 0 aromatic heterocycles. The van der Waals surface area contributed by atoms with E-state index in [4.69, 9.17) is 4.55 Å². The molecule has 0 rings (SSSR count). The number of Topliss-reactive ketones (excluding diaryl/α,β-unsaturated/α-hetero) is 1. The molecule has 0 spiro atoms. The van der Waals surface area contributed by atoms with E-state index in [2.05, 4.69) is 0 Å². The van der Waals surface area contributed by atoms with Gasteiger partial charge in [0.2, 0.25) is 0 Å². The molecule has 0 aromatic carbocycles. The van der Waals surface area contributed by atoms with Gasteiger partial charge in [0, 0.05) is 16.9 Å². The zero-order valence-corrected chi connectivity index (χ0v) is 7.73. The van der Waals surface area contributed by atoms with E-state index in [0.717, 1.165) is 4.91 Å². The molecule has 0 aromatic rings. The minimum atomic E-state index is 0.0528. The molecular weight excluding hydrogens is 160 g/mol. The Balaban J connectivity index is 4.22. The van der Waals surface area contributed by atoms with Crippen LogP contribution >= 0.6 is 12.0 Å². The Bertz CT molecular complexity index is 204. The fourth-order valence-electron chi connectivity index (χ4n) is 0.390. The average molecular weight is 172 g/mol. The van der Waals surface area contributed by atoms with Crippen LogP contribution in [-0.2, 0) is 4.79 Å². The summed E-state index contributed by atoms with van der Waals surface area (Å²) in [5.74, 6) is 0.0528. The summed E-state index contributed by atoms with van der Waals surface area (Å²) in [6.07, 6.45) is 3.41. The van der Waals surface area contributed by atoms with Crippen molar-refractivity contribution in [2.24, 2.45) is 0 Å². The van der Waals surface area contributed by atoms with Gasteiger partial charge in [-0.3, -0.25) is 4.79 Å². The van der Waals surface area contributed by atoms with Gasteiger partial charge in [0.15, 0.2) is 5.78 Å². The van der Waals surface area contributed by atoms with Crippen LogP contribution in [0.4, 0.5) is 0 Å². The van der Waals surface area contributed by atoms with Gasteiger partial charge in [-0.2, -0.15) is 0 Å². The van der Waals surface area contributed by atoms with E-state index in [9.17, 15) is 4.79 Å². The maximum absolute atomic E-state index is 10.7. The van der Waals surface area contributed by atoms with Crippen molar-refractivity contribution >= 4 is 17.8 Å². The predicted octanol–water partition coefficient (Wildman–Crippen LogP) is 2.63. The van der Waals surface area contributed by atoms with E-state index in [0.29, 0.717) is 17.6 Å². The first-order valence-corrected chi connectivity index (χ1v) is 4.02. The molecule has 0 saturated carbocycles. The van der Waals surface area contributed by atoms with E-state index in [1.165, 1.54) is 6.92 Å². The molecule has 0 aliphatic heterocycles. The van der Waals surface area contributed by atoms with Crippen molar-refractivity contribution in [3.05, 3.63) is 22.6 Å². The third kappa shape index (κ3) is 4.81. The van der Waals surface area contributed by atoms with Gasteiger partial charge in [-0.15, -0.1) is 0 Å². The molecule has 3 heteroatoms. The van der Waals surface area contributed by atoms with Gasteiger partial charge in [-0.1, -0.05) is 12.2 Å². The first-order chi connectivity index (χ1) is 5.07. The fraction of sp³-hybridized carbons (Fsp3) is 0.375. The van der Waals surface area contributed by atoms with Crippen LogP contribution in [0.2, 0.25) is 0 Å². The normalized spacial score (nSPS) is 13.5. The summed E-state index contributed by atoms with van der Waals surface area (Å²) in [7, 11) is 0. The van der Waals surface area contributed by atoms with Crippen molar-refractivity contribution in [1.29, 1.82) is 0 Å². The molecule has 11 heavy (non-hydrogen) atoms. The van der Waals surface area contributed by atoms with E-state index in [1.54, 1.807) is 26.0 Å². The van der Waals surface area contributed by atoms with E-state index < -0.39 is 0 Å². The zero-order chi connectivity index (χ0) is 8.85. The highest BCUT2D eigenvalue weighted by atomic mass is 32.2. The minimum absolute atomic E-state index is 0.0528. The van der Waals surface area contributed by atoms with Crippen LogP contribution in [0.1, 0.15) is 20.8 Å². The molecule has 2 nitrogen and oxygen atoms in total. The summed E-state index contributed by atoms with van der Waals surface area (Å²) in [4.78, 5) is 11.4. The lowest BCUT2D eigenvalue weighted by molar-refractivity contribution is -0.113. The van der Waals surface area contributed by atoms with Crippen molar-refractivity contribution in [2.75, 3.05) is 0 Å². The highest BCUT2D eigenvalue weighted by molar-refractivity contribution is 7.97. The number of rotatable bonds is 3. The standard InChI is InChI=1S/C8H12O2S/c1-6(8(3)9)4-5-7(2)11-10/h4-5,10H,1-3H3/b6-4+,7-5+. The number of ketones is 1. The Morgan fingerprint density at radius 3 is 2.18 bits per heavy atom. The molecule has 0 heterocycles. The van der Waals surface area contributed by atoms with Crippen molar-refractivity contribution < 1.29 is 9.35 Å². The summed E-state index contributed by atoms with van der Waals surface area (Å²) in [5, 5.41) is 0. The molecule has 0 saturated heterocycles. The maximum Gasteiger partial charge on any atom is 0.155 e. The van der Waals surface area contributed by atoms with Crippen LogP contribution in [0.25, 0.3) is 0 Å². The number of carbonyl (C=O) groups excluding carboxylic acids is 1. The van der Waals surface area contributed by atoms with Crippen LogP contribution < -0.4 is 0 Å². The minimum Gasteiger partial charge on any atom is -0.326 e. The summed E-state index contributed by atoms with van der Waals surface area (Å²) in [6, 6.07) is 0. The lowest BCUT2D eigenvalue weighted by Gasteiger charge is -1.91. The smallest absolute Gasteiger partial charge is 0.155 e. The summed E-state index contributed by atoms with van der Waals surface area (Å²) in [6.45, 7) is 5.03. The van der Waals surface area contributed by atoms with Crippen molar-refractivity contribution in [3.63, 3.8) is 0 Å². The van der Waals surface area contributed by atoms with Gasteiger partial charge in [-0.25, -0.2) is 0 Å². The summed E-state index contributed by atoms with van der Waals surface area (Å²) >= 11 is 0.684. The van der Waals surface area contributed by atoms with Crippen molar-refractivity contribution in [3.8, 4) is 0 Å². The second-order valence-electron chi connectivity index (χ2n) is 2.27. The van der Waals surface area contributed by atoms with Crippen LogP contribution in [0.5, 0.6) is 0 Å². The van der Waals surface area contributed by atoms with Crippen molar-refractivity contribution in [2.45, 2.75) is 20.8 Å². The van der Waals surface area contributed by atoms with Crippen LogP contribution in [0, 0.1) is 0 Å². The van der Waals surface area contributed by atoms with Gasteiger partial charge >= 0.3 is 0 Å². The Morgan fingerprint density at radius 1 is 1.27 bits per heavy atom. The maximum atomic E-state index is 10.7. The van der Waals surface area contributed by atoms with E-state index in [1.807, 2.05) is 0 Å². The first-order valence-electron chi connectivity index (χ1n) is 3.25. The first kappa shape index (κ1) is 10.5. The Kier molecular flexibility index (Phi) is 4.90. The average Bonchev–Trinajstić information content (AvgIpc) is 1.99. The lowest BCUT2D eigenvalue weighted by atomic mass is 10.2. The van der Waals surface area contributed by atoms with Gasteiger partial charge in [0.1, 0.15) is 0 Å². The molecule has 0 aliphatic carbocycles. The monoisotopic (exact) mass is 172 g/mol. The lowest BCUT2D eigenvalue weighted by Crippen LogP contribution is -1.89. The van der Waals surface area contributed by atoms with Gasteiger partial charge < -0.3 is 4.55 Å². The molecule has 0 atom stereocenters. The third-order valence-corrected chi connectivity index (χ3v) is 1.69. The number of carbonyl (C=O) groups is 1. The number of hydrogen-bond acceptors (Lipinski definition) is 3. The molecule has 62 valence electrons.